The summed E-state index contributed by atoms with van der Waals surface area (Å²) in [5, 5.41) is 15.3. The van der Waals surface area contributed by atoms with E-state index < -0.39 is 17.9 Å². The molecule has 0 saturated heterocycles. The number of carboxylic acid groups (broad SMARTS) is 1. The van der Waals surface area contributed by atoms with Crippen molar-refractivity contribution >= 4 is 23.4 Å². The number of amides is 1. The summed E-state index contributed by atoms with van der Waals surface area (Å²) in [5.74, 6) is -1.88. The number of carboxylic acids is 1. The van der Waals surface area contributed by atoms with Crippen LogP contribution < -0.4 is 5.32 Å². The number of nitrogens with zero attached hydrogens (tertiary/aromatic N) is 2. The molecule has 6 nitrogen and oxygen atoms in total. The lowest BCUT2D eigenvalue weighted by Crippen LogP contribution is -2.40. The minimum atomic E-state index is -0.934. The van der Waals surface area contributed by atoms with Crippen LogP contribution in [0.5, 0.6) is 0 Å². The van der Waals surface area contributed by atoms with Crippen LogP contribution in [0.3, 0.4) is 0 Å². The Labute approximate surface area is 103 Å². The largest absolute Gasteiger partial charge is 0.481 e. The molecule has 0 aromatic carbocycles. The van der Waals surface area contributed by atoms with Gasteiger partial charge in [0.25, 0.3) is 5.91 Å². The summed E-state index contributed by atoms with van der Waals surface area (Å²) in [6.45, 7) is 5.10. The predicted molar refractivity (Wildman–Crippen MR) is 63.0 cm³/mol. The van der Waals surface area contributed by atoms with Gasteiger partial charge in [0, 0.05) is 6.04 Å². The minimum absolute atomic E-state index is 0.308. The molecule has 0 saturated carbocycles. The molecule has 2 unspecified atom stereocenters. The van der Waals surface area contributed by atoms with E-state index in [0.29, 0.717) is 17.0 Å². The van der Waals surface area contributed by atoms with E-state index in [2.05, 4.69) is 14.9 Å². The Morgan fingerprint density at radius 1 is 1.47 bits per heavy atom. The van der Waals surface area contributed by atoms with Gasteiger partial charge in [0.2, 0.25) is 0 Å². The lowest BCUT2D eigenvalue weighted by Gasteiger charge is -2.17. The minimum Gasteiger partial charge on any atom is -0.481 e. The summed E-state index contributed by atoms with van der Waals surface area (Å²) < 4.78 is 3.72. The zero-order valence-corrected chi connectivity index (χ0v) is 10.7. The van der Waals surface area contributed by atoms with Crippen molar-refractivity contribution in [1.82, 2.24) is 14.9 Å². The average molecular weight is 257 g/mol. The third-order valence-corrected chi connectivity index (χ3v) is 3.36. The molecule has 2 N–H and O–H groups in total. The van der Waals surface area contributed by atoms with Gasteiger partial charge in [0.15, 0.2) is 0 Å². The van der Waals surface area contributed by atoms with Gasteiger partial charge in [-0.1, -0.05) is 11.4 Å². The molecule has 1 heterocycles. The number of carbonyl (C=O) groups is 2. The molecule has 0 spiro atoms. The maximum atomic E-state index is 11.8. The van der Waals surface area contributed by atoms with E-state index in [1.807, 2.05) is 6.92 Å². The lowest BCUT2D eigenvalue weighted by atomic mass is 10.0. The zero-order valence-electron chi connectivity index (χ0n) is 9.93. The highest BCUT2D eigenvalue weighted by Crippen LogP contribution is 2.12. The second-order valence-electron chi connectivity index (χ2n) is 3.79. The average Bonchev–Trinajstić information content (AvgIpc) is 2.75. The highest BCUT2D eigenvalue weighted by Gasteiger charge is 2.23. The van der Waals surface area contributed by atoms with Crippen LogP contribution >= 0.6 is 11.5 Å². The van der Waals surface area contributed by atoms with Crippen LogP contribution in [-0.4, -0.2) is 32.6 Å². The van der Waals surface area contributed by atoms with E-state index in [1.165, 1.54) is 0 Å². The summed E-state index contributed by atoms with van der Waals surface area (Å²) in [6, 6.07) is -0.438. The molecule has 0 bridgehead atoms. The van der Waals surface area contributed by atoms with Crippen LogP contribution in [0.2, 0.25) is 0 Å². The molecule has 2 atom stereocenters. The predicted octanol–water partition coefficient (Wildman–Crippen LogP) is 0.940. The molecule has 94 valence electrons. The van der Waals surface area contributed by atoms with Crippen LogP contribution in [0.1, 0.15) is 36.1 Å². The van der Waals surface area contributed by atoms with Gasteiger partial charge < -0.3 is 10.4 Å². The quantitative estimate of drug-likeness (QED) is 0.819. The fraction of sp³-hybridized carbons (Fsp3) is 0.600. The van der Waals surface area contributed by atoms with Crippen LogP contribution in [0.25, 0.3) is 0 Å². The second kappa shape index (κ2) is 5.72. The van der Waals surface area contributed by atoms with E-state index in [-0.39, 0.29) is 5.91 Å². The molecule has 0 aliphatic rings. The molecule has 1 rings (SSSR count). The van der Waals surface area contributed by atoms with Crippen LogP contribution in [0.4, 0.5) is 0 Å². The fourth-order valence-corrected chi connectivity index (χ4v) is 1.88. The van der Waals surface area contributed by atoms with E-state index >= 15 is 0 Å². The Hall–Kier alpha value is -1.50. The van der Waals surface area contributed by atoms with Gasteiger partial charge in [-0.2, -0.15) is 0 Å². The summed E-state index contributed by atoms with van der Waals surface area (Å²) in [4.78, 5) is 23.1. The smallest absolute Gasteiger partial charge is 0.308 e. The number of carbonyl (C=O) groups excluding carboxylic acids is 1. The molecular weight excluding hydrogens is 242 g/mol. The first-order chi connectivity index (χ1) is 7.97. The summed E-state index contributed by atoms with van der Waals surface area (Å²) in [7, 11) is 0. The van der Waals surface area contributed by atoms with Gasteiger partial charge in [0.05, 0.1) is 11.6 Å². The number of hydrogen-bond donors (Lipinski definition) is 2. The third-order valence-electron chi connectivity index (χ3n) is 2.60. The van der Waals surface area contributed by atoms with Crippen molar-refractivity contribution in [3.63, 3.8) is 0 Å². The van der Waals surface area contributed by atoms with Gasteiger partial charge in [-0.25, -0.2) is 0 Å². The van der Waals surface area contributed by atoms with Crippen molar-refractivity contribution in [1.29, 1.82) is 0 Å². The van der Waals surface area contributed by atoms with E-state index in [0.717, 1.165) is 11.5 Å². The maximum Gasteiger partial charge on any atom is 0.308 e. The number of hydrogen-bond acceptors (Lipinski definition) is 5. The number of aromatic nitrogens is 2. The van der Waals surface area contributed by atoms with Crippen molar-refractivity contribution in [3.05, 3.63) is 10.6 Å². The van der Waals surface area contributed by atoms with E-state index in [9.17, 15) is 9.59 Å². The molecule has 1 amide bonds. The summed E-state index contributed by atoms with van der Waals surface area (Å²) in [6.07, 6.45) is 0.627. The van der Waals surface area contributed by atoms with Crippen molar-refractivity contribution in [2.24, 2.45) is 5.92 Å². The summed E-state index contributed by atoms with van der Waals surface area (Å²) in [5.41, 5.74) is 0.641. The second-order valence-corrected chi connectivity index (χ2v) is 4.55. The molecular formula is C10H15N3O3S. The molecule has 1 aromatic rings. The van der Waals surface area contributed by atoms with Gasteiger partial charge in [-0.15, -0.1) is 5.10 Å². The highest BCUT2D eigenvalue weighted by molar-refractivity contribution is 7.08. The third kappa shape index (κ3) is 3.23. The van der Waals surface area contributed by atoms with Gasteiger partial charge in [-0.3, -0.25) is 9.59 Å². The Morgan fingerprint density at radius 3 is 2.65 bits per heavy atom. The topological polar surface area (TPSA) is 92.2 Å². The first kappa shape index (κ1) is 13.6. The SMILES string of the molecule is CCc1nnsc1C(=O)NC(C)C(C)C(=O)O. The monoisotopic (exact) mass is 257 g/mol. The van der Waals surface area contributed by atoms with Gasteiger partial charge in [0.1, 0.15) is 4.88 Å². The number of aliphatic carboxylic acids is 1. The van der Waals surface area contributed by atoms with E-state index in [1.54, 1.807) is 13.8 Å². The van der Waals surface area contributed by atoms with Crippen molar-refractivity contribution in [2.45, 2.75) is 33.2 Å². The lowest BCUT2D eigenvalue weighted by molar-refractivity contribution is -0.141. The van der Waals surface area contributed by atoms with Gasteiger partial charge >= 0.3 is 5.97 Å². The normalized spacial score (nSPS) is 14.1. The number of aryl methyl sites for hydroxylation is 1. The molecule has 0 aliphatic heterocycles. The first-order valence-electron chi connectivity index (χ1n) is 5.32. The van der Waals surface area contributed by atoms with Crippen LogP contribution in [0.15, 0.2) is 0 Å². The molecule has 1 aromatic heterocycles. The van der Waals surface area contributed by atoms with E-state index in [4.69, 9.17) is 5.11 Å². The highest BCUT2D eigenvalue weighted by atomic mass is 32.1. The molecule has 0 aliphatic carbocycles. The Balaban J connectivity index is 2.70. The van der Waals surface area contributed by atoms with Crippen molar-refractivity contribution < 1.29 is 14.7 Å². The Kier molecular flexibility index (Phi) is 4.56. The molecule has 17 heavy (non-hydrogen) atoms. The molecule has 0 radical (unpaired) electrons. The Bertz CT molecular complexity index is 419. The fourth-order valence-electron chi connectivity index (χ4n) is 1.22. The number of nitrogens with one attached hydrogen (secondary N) is 1. The molecule has 0 fully saturated rings. The van der Waals surface area contributed by atoms with Gasteiger partial charge in [-0.05, 0) is 31.8 Å². The number of rotatable bonds is 5. The Morgan fingerprint density at radius 2 is 2.12 bits per heavy atom. The van der Waals surface area contributed by atoms with Crippen LogP contribution in [0, 0.1) is 5.92 Å². The molecule has 7 heteroatoms. The zero-order chi connectivity index (χ0) is 13.0. The van der Waals surface area contributed by atoms with Crippen molar-refractivity contribution in [2.75, 3.05) is 0 Å². The van der Waals surface area contributed by atoms with Crippen molar-refractivity contribution in [3.8, 4) is 0 Å². The first-order valence-corrected chi connectivity index (χ1v) is 6.09. The maximum absolute atomic E-state index is 11.8. The summed E-state index contributed by atoms with van der Waals surface area (Å²) >= 11 is 1.02. The van der Waals surface area contributed by atoms with Crippen LogP contribution in [-0.2, 0) is 11.2 Å². The standard InChI is InChI=1S/C10H15N3O3S/c1-4-7-8(17-13-12-7)9(14)11-6(3)5(2)10(15)16/h5-6H,4H2,1-3H3,(H,11,14)(H,15,16).